The molecule has 0 aliphatic heterocycles. The van der Waals surface area contributed by atoms with Gasteiger partial charge in [-0.25, -0.2) is 0 Å². The van der Waals surface area contributed by atoms with Gasteiger partial charge in [0.15, 0.2) is 0 Å². The Labute approximate surface area is 149 Å². The Morgan fingerprint density at radius 3 is 2.33 bits per heavy atom. The highest BCUT2D eigenvalue weighted by Gasteiger charge is 2.16. The van der Waals surface area contributed by atoms with E-state index in [4.69, 9.17) is 16.3 Å². The topological polar surface area (TPSA) is 38.3 Å². The largest absolute Gasteiger partial charge is 0.495 e. The highest BCUT2D eigenvalue weighted by Crippen LogP contribution is 2.28. The molecule has 1 unspecified atom stereocenters. The minimum atomic E-state index is -0.237. The number of hydrogen-bond donors (Lipinski definition) is 1. The number of carbonyl (C=O) groups excluding carboxylic acids is 1. The molecule has 3 nitrogen and oxygen atoms in total. The number of carbonyl (C=O) groups is 1. The van der Waals surface area contributed by atoms with E-state index in [1.54, 1.807) is 25.3 Å². The van der Waals surface area contributed by atoms with Gasteiger partial charge in [-0.2, -0.15) is 0 Å². The van der Waals surface area contributed by atoms with Crippen LogP contribution in [0.15, 0.2) is 42.5 Å². The summed E-state index contributed by atoms with van der Waals surface area (Å²) < 4.78 is 5.12. The first kappa shape index (κ1) is 18.3. The third-order valence-corrected chi connectivity index (χ3v) is 4.23. The number of hydrogen-bond acceptors (Lipinski definition) is 2. The second kappa shape index (κ2) is 8.20. The first-order valence-corrected chi connectivity index (χ1v) is 8.51. The molecule has 0 heterocycles. The van der Waals surface area contributed by atoms with Gasteiger partial charge >= 0.3 is 0 Å². The molecule has 0 bridgehead atoms. The van der Waals surface area contributed by atoms with Crippen molar-refractivity contribution in [3.8, 4) is 5.75 Å². The van der Waals surface area contributed by atoms with E-state index in [2.05, 4.69) is 31.3 Å². The summed E-state index contributed by atoms with van der Waals surface area (Å²) in [6, 6.07) is 13.5. The summed E-state index contributed by atoms with van der Waals surface area (Å²) in [7, 11) is 1.56. The molecule has 2 rings (SSSR count). The van der Waals surface area contributed by atoms with Crippen molar-refractivity contribution in [2.24, 2.45) is 5.92 Å². The van der Waals surface area contributed by atoms with Gasteiger partial charge in [0.1, 0.15) is 5.75 Å². The molecule has 4 heteroatoms. The summed E-state index contributed by atoms with van der Waals surface area (Å²) in [5.41, 5.74) is 2.96. The van der Waals surface area contributed by atoms with Crippen LogP contribution in [0.5, 0.6) is 5.75 Å². The van der Waals surface area contributed by atoms with Crippen molar-refractivity contribution >= 4 is 23.2 Å². The minimum Gasteiger partial charge on any atom is -0.495 e. The SMILES string of the molecule is COc1ccc(NC(=O)C(C)c2ccc(CC(C)C)cc2)cc1Cl. The maximum Gasteiger partial charge on any atom is 0.231 e. The van der Waals surface area contributed by atoms with Crippen molar-refractivity contribution in [1.29, 1.82) is 0 Å². The number of nitrogens with one attached hydrogen (secondary N) is 1. The van der Waals surface area contributed by atoms with E-state index in [1.807, 2.05) is 19.1 Å². The monoisotopic (exact) mass is 345 g/mol. The molecule has 1 atom stereocenters. The third-order valence-electron chi connectivity index (χ3n) is 3.94. The fraction of sp³-hybridized carbons (Fsp3) is 0.350. The zero-order valence-electron chi connectivity index (χ0n) is 14.6. The molecule has 0 spiro atoms. The molecular weight excluding hydrogens is 322 g/mol. The average molecular weight is 346 g/mol. The Morgan fingerprint density at radius 1 is 1.12 bits per heavy atom. The van der Waals surface area contributed by atoms with Crippen LogP contribution in [-0.2, 0) is 11.2 Å². The molecule has 0 saturated carbocycles. The Morgan fingerprint density at radius 2 is 1.79 bits per heavy atom. The lowest BCUT2D eigenvalue weighted by Gasteiger charge is -2.14. The van der Waals surface area contributed by atoms with E-state index in [0.29, 0.717) is 22.4 Å². The zero-order valence-corrected chi connectivity index (χ0v) is 15.4. The molecule has 0 fully saturated rings. The quantitative estimate of drug-likeness (QED) is 0.772. The maximum atomic E-state index is 12.5. The first-order valence-electron chi connectivity index (χ1n) is 8.14. The van der Waals surface area contributed by atoms with E-state index in [9.17, 15) is 4.79 Å². The average Bonchev–Trinajstić information content (AvgIpc) is 2.54. The summed E-state index contributed by atoms with van der Waals surface area (Å²) in [4.78, 5) is 12.5. The van der Waals surface area contributed by atoms with Gasteiger partial charge in [0.2, 0.25) is 5.91 Å². The first-order chi connectivity index (χ1) is 11.4. The normalized spacial score (nSPS) is 12.1. The molecule has 0 aliphatic rings. The maximum absolute atomic E-state index is 12.5. The van der Waals surface area contributed by atoms with Gasteiger partial charge in [0, 0.05) is 5.69 Å². The molecule has 0 aromatic heterocycles. The van der Waals surface area contributed by atoms with E-state index >= 15 is 0 Å². The molecule has 2 aromatic carbocycles. The molecular formula is C20H24ClNO2. The zero-order chi connectivity index (χ0) is 17.7. The predicted octanol–water partition coefficient (Wildman–Crippen LogP) is 5.29. The smallest absolute Gasteiger partial charge is 0.231 e. The Balaban J connectivity index is 2.05. The standard InChI is InChI=1S/C20H24ClNO2/c1-13(2)11-15-5-7-16(8-6-15)14(3)20(23)22-17-9-10-19(24-4)18(21)12-17/h5-10,12-14H,11H2,1-4H3,(H,22,23). The van der Waals surface area contributed by atoms with Crippen LogP contribution in [0.2, 0.25) is 5.02 Å². The number of halogens is 1. The molecule has 24 heavy (non-hydrogen) atoms. The van der Waals surface area contributed by atoms with Crippen molar-refractivity contribution in [2.45, 2.75) is 33.1 Å². The van der Waals surface area contributed by atoms with Crippen LogP contribution in [-0.4, -0.2) is 13.0 Å². The van der Waals surface area contributed by atoms with Crippen LogP contribution < -0.4 is 10.1 Å². The lowest BCUT2D eigenvalue weighted by Crippen LogP contribution is -2.18. The molecule has 0 saturated heterocycles. The second-order valence-corrected chi connectivity index (χ2v) is 6.81. The van der Waals surface area contributed by atoms with E-state index in [1.165, 1.54) is 5.56 Å². The summed E-state index contributed by atoms with van der Waals surface area (Å²) >= 11 is 6.09. The van der Waals surface area contributed by atoms with Crippen molar-refractivity contribution in [3.05, 3.63) is 58.6 Å². The number of amides is 1. The lowest BCUT2D eigenvalue weighted by atomic mass is 9.96. The van der Waals surface area contributed by atoms with Crippen LogP contribution in [0.1, 0.15) is 37.8 Å². The van der Waals surface area contributed by atoms with Crippen LogP contribution in [0, 0.1) is 5.92 Å². The molecule has 0 radical (unpaired) electrons. The van der Waals surface area contributed by atoms with E-state index in [-0.39, 0.29) is 11.8 Å². The number of ether oxygens (including phenoxy) is 1. The van der Waals surface area contributed by atoms with Gasteiger partial charge in [-0.05, 0) is 48.6 Å². The van der Waals surface area contributed by atoms with Gasteiger partial charge in [0.05, 0.1) is 18.1 Å². The second-order valence-electron chi connectivity index (χ2n) is 6.40. The van der Waals surface area contributed by atoms with Crippen molar-refractivity contribution in [1.82, 2.24) is 0 Å². The van der Waals surface area contributed by atoms with E-state index in [0.717, 1.165) is 12.0 Å². The Bertz CT molecular complexity index is 695. The molecule has 1 N–H and O–H groups in total. The fourth-order valence-electron chi connectivity index (χ4n) is 2.56. The fourth-order valence-corrected chi connectivity index (χ4v) is 2.82. The number of benzene rings is 2. The van der Waals surface area contributed by atoms with Gasteiger partial charge in [-0.3, -0.25) is 4.79 Å². The van der Waals surface area contributed by atoms with Crippen molar-refractivity contribution in [2.75, 3.05) is 12.4 Å². The molecule has 1 amide bonds. The number of methoxy groups -OCH3 is 1. The van der Waals surface area contributed by atoms with Crippen LogP contribution in [0.3, 0.4) is 0 Å². The van der Waals surface area contributed by atoms with Gasteiger partial charge in [-0.1, -0.05) is 49.7 Å². The third kappa shape index (κ3) is 4.75. The number of rotatable bonds is 6. The predicted molar refractivity (Wildman–Crippen MR) is 100 cm³/mol. The van der Waals surface area contributed by atoms with E-state index < -0.39 is 0 Å². The molecule has 128 valence electrons. The summed E-state index contributed by atoms with van der Waals surface area (Å²) in [5, 5.41) is 3.37. The highest BCUT2D eigenvalue weighted by atomic mass is 35.5. The molecule has 0 aliphatic carbocycles. The van der Waals surface area contributed by atoms with Crippen LogP contribution >= 0.6 is 11.6 Å². The van der Waals surface area contributed by atoms with Crippen LogP contribution in [0.4, 0.5) is 5.69 Å². The van der Waals surface area contributed by atoms with Gasteiger partial charge < -0.3 is 10.1 Å². The van der Waals surface area contributed by atoms with Gasteiger partial charge in [-0.15, -0.1) is 0 Å². The lowest BCUT2D eigenvalue weighted by molar-refractivity contribution is -0.117. The minimum absolute atomic E-state index is 0.0622. The number of anilines is 1. The van der Waals surface area contributed by atoms with Crippen LogP contribution in [0.25, 0.3) is 0 Å². The highest BCUT2D eigenvalue weighted by molar-refractivity contribution is 6.32. The summed E-state index contributed by atoms with van der Waals surface area (Å²) in [6.07, 6.45) is 1.05. The summed E-state index contributed by atoms with van der Waals surface area (Å²) in [6.45, 7) is 6.30. The van der Waals surface area contributed by atoms with Gasteiger partial charge in [0.25, 0.3) is 0 Å². The Hall–Kier alpha value is -2.00. The summed E-state index contributed by atoms with van der Waals surface area (Å²) in [5.74, 6) is 0.909. The van der Waals surface area contributed by atoms with Crippen molar-refractivity contribution in [3.63, 3.8) is 0 Å². The molecule has 2 aromatic rings. The Kier molecular flexibility index (Phi) is 6.27. The van der Waals surface area contributed by atoms with Crippen molar-refractivity contribution < 1.29 is 9.53 Å².